The van der Waals surface area contributed by atoms with Gasteiger partial charge in [0.15, 0.2) is 0 Å². The van der Waals surface area contributed by atoms with Gasteiger partial charge in [0.05, 0.1) is 6.42 Å². The van der Waals surface area contributed by atoms with Gasteiger partial charge in [-0.2, -0.15) is 0 Å². The van der Waals surface area contributed by atoms with E-state index in [1.54, 1.807) is 13.8 Å². The lowest BCUT2D eigenvalue weighted by Crippen LogP contribution is -2.24. The summed E-state index contributed by atoms with van der Waals surface area (Å²) in [5.74, 6) is 0.648. The average Bonchev–Trinajstić information content (AvgIpc) is 2.44. The van der Waals surface area contributed by atoms with Crippen molar-refractivity contribution in [2.75, 3.05) is 5.32 Å². The van der Waals surface area contributed by atoms with Crippen molar-refractivity contribution in [3.8, 4) is 0 Å². The van der Waals surface area contributed by atoms with Gasteiger partial charge in [-0.05, 0) is 37.8 Å². The Morgan fingerprint density at radius 1 is 1.26 bits per heavy atom. The average molecular weight is 313 g/mol. The number of rotatable bonds is 4. The van der Waals surface area contributed by atoms with Gasteiger partial charge in [0.2, 0.25) is 5.91 Å². The first kappa shape index (κ1) is 16.9. The quantitative estimate of drug-likeness (QED) is 0.911. The number of benzene rings is 1. The maximum absolute atomic E-state index is 12.4. The Hall–Kier alpha value is -2.43. The molecule has 2 rings (SSSR count). The molecule has 0 unspecified atom stereocenters. The predicted octanol–water partition coefficient (Wildman–Crippen LogP) is 3.00. The van der Waals surface area contributed by atoms with Crippen LogP contribution in [0.4, 0.5) is 5.69 Å². The zero-order valence-corrected chi connectivity index (χ0v) is 14.3. The lowest BCUT2D eigenvalue weighted by atomic mass is 9.98. The largest absolute Gasteiger partial charge is 0.325 e. The highest BCUT2D eigenvalue weighted by molar-refractivity contribution is 5.94. The molecule has 5 heteroatoms. The molecule has 23 heavy (non-hydrogen) atoms. The van der Waals surface area contributed by atoms with Crippen molar-refractivity contribution in [2.24, 2.45) is 0 Å². The second-order valence-corrected chi connectivity index (χ2v) is 6.13. The molecule has 0 saturated carbocycles. The normalized spacial score (nSPS) is 10.9. The molecule has 1 aromatic heterocycles. The number of anilines is 1. The summed E-state index contributed by atoms with van der Waals surface area (Å²) in [5.41, 5.74) is 3.69. The highest BCUT2D eigenvalue weighted by Gasteiger charge is 2.15. The Kier molecular flexibility index (Phi) is 4.98. The van der Waals surface area contributed by atoms with Crippen molar-refractivity contribution >= 4 is 11.6 Å². The molecule has 5 nitrogen and oxygen atoms in total. The van der Waals surface area contributed by atoms with Crippen LogP contribution in [0.2, 0.25) is 0 Å². The first-order valence-corrected chi connectivity index (χ1v) is 7.75. The highest BCUT2D eigenvalue weighted by atomic mass is 16.2. The van der Waals surface area contributed by atoms with Gasteiger partial charge in [-0.15, -0.1) is 0 Å². The number of aryl methyl sites for hydroxylation is 3. The molecule has 0 aliphatic rings. The third-order valence-corrected chi connectivity index (χ3v) is 3.87. The molecule has 0 atom stereocenters. The number of aromatic amines is 1. The Morgan fingerprint density at radius 3 is 2.57 bits per heavy atom. The summed E-state index contributed by atoms with van der Waals surface area (Å²) in [6.45, 7) is 9.61. The van der Waals surface area contributed by atoms with Gasteiger partial charge in [0, 0.05) is 16.9 Å². The number of nitrogens with one attached hydrogen (secondary N) is 2. The number of carbonyl (C=O) groups is 1. The standard InChI is InChI=1S/C18H23N3O2/c1-10(2)14-8-6-7-11(3)17(14)21-16(22)9-15-12(4)19-13(5)20-18(15)23/h6-8,10H,9H2,1-5H3,(H,21,22)(H,19,20,23). The van der Waals surface area contributed by atoms with Gasteiger partial charge in [0.25, 0.3) is 5.56 Å². The van der Waals surface area contributed by atoms with Crippen LogP contribution < -0.4 is 10.9 Å². The van der Waals surface area contributed by atoms with Crippen LogP contribution in [0.25, 0.3) is 0 Å². The van der Waals surface area contributed by atoms with Crippen molar-refractivity contribution in [1.82, 2.24) is 9.97 Å². The van der Waals surface area contributed by atoms with Gasteiger partial charge in [-0.25, -0.2) is 4.98 Å². The molecule has 2 aromatic rings. The summed E-state index contributed by atoms with van der Waals surface area (Å²) in [7, 11) is 0. The van der Waals surface area contributed by atoms with E-state index < -0.39 is 0 Å². The van der Waals surface area contributed by atoms with Crippen LogP contribution in [-0.2, 0) is 11.2 Å². The number of hydrogen-bond acceptors (Lipinski definition) is 3. The van der Waals surface area contributed by atoms with Crippen molar-refractivity contribution in [2.45, 2.75) is 47.0 Å². The van der Waals surface area contributed by atoms with E-state index in [0.29, 0.717) is 23.0 Å². The molecule has 122 valence electrons. The van der Waals surface area contributed by atoms with Crippen molar-refractivity contribution in [3.63, 3.8) is 0 Å². The van der Waals surface area contributed by atoms with Crippen molar-refractivity contribution in [3.05, 3.63) is 56.8 Å². The Morgan fingerprint density at radius 2 is 1.96 bits per heavy atom. The number of para-hydroxylation sites is 1. The molecule has 0 spiro atoms. The maximum Gasteiger partial charge on any atom is 0.254 e. The topological polar surface area (TPSA) is 74.8 Å². The number of aromatic nitrogens is 2. The summed E-state index contributed by atoms with van der Waals surface area (Å²) < 4.78 is 0. The van der Waals surface area contributed by atoms with Gasteiger partial charge >= 0.3 is 0 Å². The molecule has 0 aliphatic heterocycles. The molecule has 2 N–H and O–H groups in total. The van der Waals surface area contributed by atoms with Crippen LogP contribution in [0.3, 0.4) is 0 Å². The van der Waals surface area contributed by atoms with Crippen molar-refractivity contribution in [1.29, 1.82) is 0 Å². The summed E-state index contributed by atoms with van der Waals surface area (Å²) >= 11 is 0. The van der Waals surface area contributed by atoms with Crippen LogP contribution in [0.15, 0.2) is 23.0 Å². The van der Waals surface area contributed by atoms with Crippen LogP contribution in [0.1, 0.15) is 48.0 Å². The second kappa shape index (κ2) is 6.77. The van der Waals surface area contributed by atoms with Gasteiger partial charge in [-0.1, -0.05) is 32.0 Å². The molecular weight excluding hydrogens is 290 g/mol. The third-order valence-electron chi connectivity index (χ3n) is 3.87. The fourth-order valence-electron chi connectivity index (χ4n) is 2.65. The zero-order chi connectivity index (χ0) is 17.1. The fourth-order valence-corrected chi connectivity index (χ4v) is 2.65. The van der Waals surface area contributed by atoms with Crippen LogP contribution >= 0.6 is 0 Å². The molecule has 1 heterocycles. The van der Waals surface area contributed by atoms with Crippen LogP contribution in [-0.4, -0.2) is 15.9 Å². The predicted molar refractivity (Wildman–Crippen MR) is 91.9 cm³/mol. The minimum absolute atomic E-state index is 0.0142. The second-order valence-electron chi connectivity index (χ2n) is 6.13. The monoisotopic (exact) mass is 313 g/mol. The molecule has 0 radical (unpaired) electrons. The summed E-state index contributed by atoms with van der Waals surface area (Å²) in [6.07, 6.45) is 0.0142. The van der Waals surface area contributed by atoms with E-state index in [0.717, 1.165) is 16.8 Å². The lowest BCUT2D eigenvalue weighted by Gasteiger charge is -2.16. The Balaban J connectivity index is 2.27. The maximum atomic E-state index is 12.4. The smallest absolute Gasteiger partial charge is 0.254 e. The summed E-state index contributed by atoms with van der Waals surface area (Å²) in [4.78, 5) is 31.3. The molecule has 0 bridgehead atoms. The molecule has 1 amide bonds. The Labute approximate surface area is 136 Å². The van der Waals surface area contributed by atoms with E-state index in [9.17, 15) is 9.59 Å². The molecule has 0 aliphatic carbocycles. The molecule has 0 saturated heterocycles. The van der Waals surface area contributed by atoms with E-state index in [1.165, 1.54) is 0 Å². The fraction of sp³-hybridized carbons (Fsp3) is 0.389. The van der Waals surface area contributed by atoms with Crippen LogP contribution in [0, 0.1) is 20.8 Å². The molecule has 1 aromatic carbocycles. The van der Waals surface area contributed by atoms with Gasteiger partial charge in [0.1, 0.15) is 5.82 Å². The van der Waals surface area contributed by atoms with Gasteiger partial charge < -0.3 is 10.3 Å². The van der Waals surface area contributed by atoms with E-state index in [-0.39, 0.29) is 17.9 Å². The molecule has 0 fully saturated rings. The van der Waals surface area contributed by atoms with Gasteiger partial charge in [-0.3, -0.25) is 9.59 Å². The summed E-state index contributed by atoms with van der Waals surface area (Å²) in [6, 6.07) is 5.96. The number of nitrogens with zero attached hydrogens (tertiary/aromatic N) is 1. The van der Waals surface area contributed by atoms with Crippen LogP contribution in [0.5, 0.6) is 0 Å². The number of H-pyrrole nitrogens is 1. The number of hydrogen-bond donors (Lipinski definition) is 2. The minimum atomic E-state index is -0.251. The Bertz CT molecular complexity index is 791. The van der Waals surface area contributed by atoms with E-state index in [1.807, 2.05) is 25.1 Å². The lowest BCUT2D eigenvalue weighted by molar-refractivity contribution is -0.115. The van der Waals surface area contributed by atoms with E-state index >= 15 is 0 Å². The number of carbonyl (C=O) groups excluding carboxylic acids is 1. The molecular formula is C18H23N3O2. The van der Waals surface area contributed by atoms with Crippen molar-refractivity contribution < 1.29 is 4.79 Å². The SMILES string of the molecule is Cc1nc(C)c(CC(=O)Nc2c(C)cccc2C(C)C)c(=O)[nH]1. The first-order chi connectivity index (χ1) is 10.8. The number of amides is 1. The van der Waals surface area contributed by atoms with E-state index in [4.69, 9.17) is 0 Å². The minimum Gasteiger partial charge on any atom is -0.325 e. The third kappa shape index (κ3) is 3.86. The van der Waals surface area contributed by atoms with E-state index in [2.05, 4.69) is 29.1 Å². The highest BCUT2D eigenvalue weighted by Crippen LogP contribution is 2.27. The zero-order valence-electron chi connectivity index (χ0n) is 14.3. The summed E-state index contributed by atoms with van der Waals surface area (Å²) in [5, 5.41) is 2.96. The first-order valence-electron chi connectivity index (χ1n) is 7.75.